The van der Waals surface area contributed by atoms with Crippen LogP contribution in [0.15, 0.2) is 18.2 Å². The maximum absolute atomic E-state index is 12.5. The molecule has 0 spiro atoms. The normalized spacial score (nSPS) is 17.3. The van der Waals surface area contributed by atoms with Crippen LogP contribution in [0.4, 0.5) is 0 Å². The van der Waals surface area contributed by atoms with Crippen molar-refractivity contribution >= 4 is 11.8 Å². The lowest BCUT2D eigenvalue weighted by Crippen LogP contribution is -2.63. The molecule has 0 unspecified atom stereocenters. The Balaban J connectivity index is 2.16. The Labute approximate surface area is 125 Å². The number of aryl methyl sites for hydroxylation is 1. The van der Waals surface area contributed by atoms with Gasteiger partial charge in [0.05, 0.1) is 13.5 Å². The molecule has 1 aromatic rings. The van der Waals surface area contributed by atoms with Crippen LogP contribution < -0.4 is 10.1 Å². The van der Waals surface area contributed by atoms with Gasteiger partial charge in [-0.25, -0.2) is 0 Å². The fraction of sp³-hybridized carbons (Fsp3) is 0.500. The number of benzene rings is 1. The number of nitrogens with one attached hydrogen (secondary N) is 1. The van der Waals surface area contributed by atoms with Crippen LogP contribution >= 0.6 is 0 Å². The van der Waals surface area contributed by atoms with E-state index < -0.39 is 5.54 Å². The van der Waals surface area contributed by atoms with Crippen molar-refractivity contribution in [2.75, 3.05) is 20.2 Å². The highest BCUT2D eigenvalue weighted by atomic mass is 16.5. The average Bonchev–Trinajstić information content (AvgIpc) is 2.43. The first-order valence-corrected chi connectivity index (χ1v) is 7.08. The molecule has 0 atom stereocenters. The number of ether oxygens (including phenoxy) is 1. The van der Waals surface area contributed by atoms with Crippen LogP contribution in [0.2, 0.25) is 0 Å². The second-order valence-electron chi connectivity index (χ2n) is 5.84. The third-order valence-electron chi connectivity index (χ3n) is 3.98. The van der Waals surface area contributed by atoms with E-state index in [1.54, 1.807) is 25.9 Å². The van der Waals surface area contributed by atoms with Crippen molar-refractivity contribution in [3.05, 3.63) is 29.3 Å². The largest absolute Gasteiger partial charge is 0.496 e. The predicted octanol–water partition coefficient (Wildman–Crippen LogP) is 1.28. The Bertz CT molecular complexity index is 567. The molecule has 21 heavy (non-hydrogen) atoms. The smallest absolute Gasteiger partial charge is 0.245 e. The lowest BCUT2D eigenvalue weighted by molar-refractivity contribution is -0.148. The standard InChI is InChI=1S/C16H22N2O3/c1-11-5-6-12(9-13(11)21-4)10-14(19)18-8-7-17-15(20)16(18,2)3/h5-6,9H,7-8,10H2,1-4H3,(H,17,20). The van der Waals surface area contributed by atoms with Crippen LogP contribution in [0.3, 0.4) is 0 Å². The molecule has 5 nitrogen and oxygen atoms in total. The molecule has 0 radical (unpaired) electrons. The molecular formula is C16H22N2O3. The molecule has 0 aromatic heterocycles. The Kier molecular flexibility index (Phi) is 4.21. The second kappa shape index (κ2) is 5.76. The molecule has 1 saturated heterocycles. The Morgan fingerprint density at radius 2 is 2.14 bits per heavy atom. The second-order valence-corrected chi connectivity index (χ2v) is 5.84. The molecule has 1 heterocycles. The van der Waals surface area contributed by atoms with Crippen LogP contribution in [-0.4, -0.2) is 42.5 Å². The van der Waals surface area contributed by atoms with Gasteiger partial charge >= 0.3 is 0 Å². The van der Waals surface area contributed by atoms with Crippen LogP contribution in [0.5, 0.6) is 5.75 Å². The minimum Gasteiger partial charge on any atom is -0.496 e. The molecule has 1 aromatic carbocycles. The summed E-state index contributed by atoms with van der Waals surface area (Å²) in [5, 5.41) is 2.79. The van der Waals surface area contributed by atoms with Gasteiger partial charge in [0, 0.05) is 13.1 Å². The van der Waals surface area contributed by atoms with Gasteiger partial charge in [0.2, 0.25) is 11.8 Å². The number of carbonyl (C=O) groups is 2. The SMILES string of the molecule is COc1cc(CC(=O)N2CCNC(=O)C2(C)C)ccc1C. The molecule has 0 bridgehead atoms. The molecule has 2 amide bonds. The van der Waals surface area contributed by atoms with E-state index in [1.165, 1.54) is 0 Å². The van der Waals surface area contributed by atoms with Gasteiger partial charge in [-0.05, 0) is 38.0 Å². The van der Waals surface area contributed by atoms with E-state index in [1.807, 2.05) is 25.1 Å². The van der Waals surface area contributed by atoms with Gasteiger partial charge < -0.3 is 15.0 Å². The predicted molar refractivity (Wildman–Crippen MR) is 80.2 cm³/mol. The van der Waals surface area contributed by atoms with Crippen molar-refractivity contribution in [2.24, 2.45) is 0 Å². The summed E-state index contributed by atoms with van der Waals surface area (Å²) in [7, 11) is 1.62. The summed E-state index contributed by atoms with van der Waals surface area (Å²) in [6.45, 7) is 6.55. The van der Waals surface area contributed by atoms with E-state index in [0.717, 1.165) is 16.9 Å². The third-order valence-corrected chi connectivity index (χ3v) is 3.98. The van der Waals surface area contributed by atoms with E-state index in [4.69, 9.17) is 4.74 Å². The molecule has 5 heteroatoms. The van der Waals surface area contributed by atoms with E-state index >= 15 is 0 Å². The van der Waals surface area contributed by atoms with Crippen molar-refractivity contribution in [1.82, 2.24) is 10.2 Å². The van der Waals surface area contributed by atoms with Crippen LogP contribution in [0.25, 0.3) is 0 Å². The number of piperazine rings is 1. The van der Waals surface area contributed by atoms with Gasteiger partial charge in [-0.1, -0.05) is 12.1 Å². The number of hydrogen-bond donors (Lipinski definition) is 1. The molecular weight excluding hydrogens is 268 g/mol. The average molecular weight is 290 g/mol. The molecule has 1 N–H and O–H groups in total. The molecule has 0 saturated carbocycles. The molecule has 1 fully saturated rings. The summed E-state index contributed by atoms with van der Waals surface area (Å²) in [6, 6.07) is 5.74. The molecule has 1 aliphatic heterocycles. The van der Waals surface area contributed by atoms with Crippen molar-refractivity contribution in [3.63, 3.8) is 0 Å². The number of hydrogen-bond acceptors (Lipinski definition) is 3. The first-order valence-electron chi connectivity index (χ1n) is 7.08. The van der Waals surface area contributed by atoms with E-state index in [-0.39, 0.29) is 18.2 Å². The van der Waals surface area contributed by atoms with Crippen LogP contribution in [0, 0.1) is 6.92 Å². The fourth-order valence-electron chi connectivity index (χ4n) is 2.58. The zero-order valence-corrected chi connectivity index (χ0v) is 13.0. The van der Waals surface area contributed by atoms with Crippen molar-refractivity contribution in [2.45, 2.75) is 32.7 Å². The van der Waals surface area contributed by atoms with Crippen LogP contribution in [0.1, 0.15) is 25.0 Å². The third kappa shape index (κ3) is 3.01. The molecule has 0 aliphatic carbocycles. The van der Waals surface area contributed by atoms with E-state index in [0.29, 0.717) is 13.1 Å². The number of nitrogens with zero attached hydrogens (tertiary/aromatic N) is 1. The minimum atomic E-state index is -0.801. The maximum atomic E-state index is 12.5. The summed E-state index contributed by atoms with van der Waals surface area (Å²) in [5.41, 5.74) is 1.13. The first kappa shape index (κ1) is 15.4. The lowest BCUT2D eigenvalue weighted by Gasteiger charge is -2.41. The lowest BCUT2D eigenvalue weighted by atomic mass is 9.97. The highest BCUT2D eigenvalue weighted by molar-refractivity contribution is 5.92. The van der Waals surface area contributed by atoms with Gasteiger partial charge in [0.1, 0.15) is 11.3 Å². The summed E-state index contributed by atoms with van der Waals surface area (Å²) >= 11 is 0. The number of rotatable bonds is 3. The van der Waals surface area contributed by atoms with Gasteiger partial charge in [0.15, 0.2) is 0 Å². The van der Waals surface area contributed by atoms with Gasteiger partial charge in [-0.3, -0.25) is 9.59 Å². The van der Waals surface area contributed by atoms with Crippen molar-refractivity contribution < 1.29 is 14.3 Å². The molecule has 1 aliphatic rings. The number of amides is 2. The summed E-state index contributed by atoms with van der Waals surface area (Å²) in [6.07, 6.45) is 0.271. The Morgan fingerprint density at radius 1 is 1.43 bits per heavy atom. The zero-order chi connectivity index (χ0) is 15.6. The zero-order valence-electron chi connectivity index (χ0n) is 13.0. The summed E-state index contributed by atoms with van der Waals surface area (Å²) < 4.78 is 5.28. The Morgan fingerprint density at radius 3 is 2.81 bits per heavy atom. The van der Waals surface area contributed by atoms with Gasteiger partial charge in [-0.2, -0.15) is 0 Å². The quantitative estimate of drug-likeness (QED) is 0.912. The minimum absolute atomic E-state index is 0.0410. The molecule has 2 rings (SSSR count). The molecule has 114 valence electrons. The van der Waals surface area contributed by atoms with E-state index in [9.17, 15) is 9.59 Å². The van der Waals surface area contributed by atoms with Crippen LogP contribution in [-0.2, 0) is 16.0 Å². The van der Waals surface area contributed by atoms with E-state index in [2.05, 4.69) is 5.32 Å². The summed E-state index contributed by atoms with van der Waals surface area (Å²) in [5.74, 6) is 0.625. The van der Waals surface area contributed by atoms with Crippen molar-refractivity contribution in [3.8, 4) is 5.75 Å². The van der Waals surface area contributed by atoms with Crippen molar-refractivity contribution in [1.29, 1.82) is 0 Å². The van der Waals surface area contributed by atoms with Gasteiger partial charge in [-0.15, -0.1) is 0 Å². The Hall–Kier alpha value is -2.04. The first-order chi connectivity index (χ1) is 9.86. The maximum Gasteiger partial charge on any atom is 0.245 e. The summed E-state index contributed by atoms with van der Waals surface area (Å²) in [4.78, 5) is 26.1. The highest BCUT2D eigenvalue weighted by Gasteiger charge is 2.40. The highest BCUT2D eigenvalue weighted by Crippen LogP contribution is 2.22. The van der Waals surface area contributed by atoms with Gasteiger partial charge in [0.25, 0.3) is 0 Å². The monoisotopic (exact) mass is 290 g/mol. The number of carbonyl (C=O) groups excluding carboxylic acids is 2. The fourth-order valence-corrected chi connectivity index (χ4v) is 2.58. The topological polar surface area (TPSA) is 58.6 Å². The number of methoxy groups -OCH3 is 1.